The minimum atomic E-state index is -0.123. The number of rotatable bonds is 5. The first kappa shape index (κ1) is 21.6. The summed E-state index contributed by atoms with van der Waals surface area (Å²) in [6, 6.07) is 18.7. The van der Waals surface area contributed by atoms with E-state index in [-0.39, 0.29) is 11.3 Å². The normalized spacial score (nSPS) is 11.8. The van der Waals surface area contributed by atoms with E-state index in [2.05, 4.69) is 99.1 Å². The Balaban J connectivity index is 1.65. The van der Waals surface area contributed by atoms with Gasteiger partial charge < -0.3 is 4.57 Å². The molecule has 0 unspecified atom stereocenters. The van der Waals surface area contributed by atoms with E-state index in [0.717, 1.165) is 28.2 Å². The van der Waals surface area contributed by atoms with Gasteiger partial charge in [0.25, 0.3) is 0 Å². The molecular weight excluding hydrogens is 370 g/mol. The largest absolute Gasteiger partial charge is 0.318 e. The van der Waals surface area contributed by atoms with Gasteiger partial charge in [0.05, 0.1) is 12.6 Å². The van der Waals surface area contributed by atoms with Crippen molar-refractivity contribution < 1.29 is 4.79 Å². The number of aryl methyl sites for hydroxylation is 2. The summed E-state index contributed by atoms with van der Waals surface area (Å²) in [5, 5.41) is 4.18. The van der Waals surface area contributed by atoms with Gasteiger partial charge in [-0.15, -0.1) is 0 Å². The van der Waals surface area contributed by atoms with Crippen molar-refractivity contribution in [1.29, 1.82) is 0 Å². The molecule has 0 fully saturated rings. The molecule has 3 rings (SSSR count). The van der Waals surface area contributed by atoms with Crippen molar-refractivity contribution in [2.24, 2.45) is 5.10 Å². The summed E-state index contributed by atoms with van der Waals surface area (Å²) in [7, 11) is 0. The predicted octanol–water partition coefficient (Wildman–Crippen LogP) is 5.39. The first-order valence-corrected chi connectivity index (χ1v) is 10.3. The van der Waals surface area contributed by atoms with Gasteiger partial charge in [0.15, 0.2) is 0 Å². The molecule has 0 saturated carbocycles. The highest BCUT2D eigenvalue weighted by molar-refractivity contribution is 5.84. The molecule has 0 bridgehead atoms. The van der Waals surface area contributed by atoms with Crippen LogP contribution in [0.5, 0.6) is 0 Å². The van der Waals surface area contributed by atoms with E-state index in [1.807, 2.05) is 12.1 Å². The maximum Gasteiger partial charge on any atom is 0.244 e. The minimum absolute atomic E-state index is 0.107. The van der Waals surface area contributed by atoms with Crippen molar-refractivity contribution in [3.8, 4) is 5.69 Å². The van der Waals surface area contributed by atoms with Crippen molar-refractivity contribution in [3.63, 3.8) is 0 Å². The lowest BCUT2D eigenvalue weighted by molar-refractivity contribution is -0.120. The number of nitrogens with one attached hydrogen (secondary N) is 1. The Kier molecular flexibility index (Phi) is 6.25. The minimum Gasteiger partial charge on any atom is -0.318 e. The van der Waals surface area contributed by atoms with Crippen LogP contribution in [0.4, 0.5) is 0 Å². The topological polar surface area (TPSA) is 46.4 Å². The highest BCUT2D eigenvalue weighted by Crippen LogP contribution is 2.22. The molecule has 0 radical (unpaired) electrons. The number of hydrazone groups is 1. The summed E-state index contributed by atoms with van der Waals surface area (Å²) in [4.78, 5) is 12.3. The third kappa shape index (κ3) is 5.07. The fraction of sp³-hybridized carbons (Fsp3) is 0.308. The second kappa shape index (κ2) is 8.70. The molecule has 1 heterocycles. The van der Waals surface area contributed by atoms with Crippen LogP contribution in [0.15, 0.2) is 59.7 Å². The molecule has 0 saturated heterocycles. The third-order valence-electron chi connectivity index (χ3n) is 5.34. The van der Waals surface area contributed by atoms with Gasteiger partial charge in [-0.05, 0) is 55.5 Å². The quantitative estimate of drug-likeness (QED) is 0.452. The molecule has 1 N–H and O–H groups in total. The highest BCUT2D eigenvalue weighted by Gasteiger charge is 2.13. The average Bonchev–Trinajstić information content (AvgIpc) is 2.96. The fourth-order valence-corrected chi connectivity index (χ4v) is 3.53. The molecule has 0 atom stereocenters. The van der Waals surface area contributed by atoms with E-state index >= 15 is 0 Å². The van der Waals surface area contributed by atoms with Crippen LogP contribution in [0.2, 0.25) is 0 Å². The molecule has 4 heteroatoms. The van der Waals surface area contributed by atoms with E-state index in [4.69, 9.17) is 0 Å². The van der Waals surface area contributed by atoms with Gasteiger partial charge in [0.1, 0.15) is 0 Å². The van der Waals surface area contributed by atoms with Gasteiger partial charge in [0.2, 0.25) is 5.91 Å². The van der Waals surface area contributed by atoms with Crippen molar-refractivity contribution in [2.45, 2.75) is 53.4 Å². The Labute approximate surface area is 179 Å². The Morgan fingerprint density at radius 3 is 2.23 bits per heavy atom. The van der Waals surface area contributed by atoms with Crippen molar-refractivity contribution in [2.75, 3.05) is 0 Å². The van der Waals surface area contributed by atoms with Gasteiger partial charge in [-0.25, -0.2) is 5.43 Å². The Morgan fingerprint density at radius 2 is 1.63 bits per heavy atom. The van der Waals surface area contributed by atoms with Crippen LogP contribution in [-0.2, 0) is 16.6 Å². The van der Waals surface area contributed by atoms with Crippen molar-refractivity contribution in [3.05, 3.63) is 88.2 Å². The summed E-state index contributed by atoms with van der Waals surface area (Å²) >= 11 is 0. The van der Waals surface area contributed by atoms with Crippen molar-refractivity contribution >= 4 is 12.1 Å². The lowest BCUT2D eigenvalue weighted by atomic mass is 9.86. The number of carbonyl (C=O) groups excluding carboxylic acids is 1. The molecule has 0 spiro atoms. The van der Waals surface area contributed by atoms with E-state index in [1.54, 1.807) is 6.21 Å². The molecule has 3 aromatic rings. The number of hydrogen-bond acceptors (Lipinski definition) is 2. The number of aromatic nitrogens is 1. The SMILES string of the molecule is Cc1ccc(-n2c(C)cc(/C=N\NC(=O)Cc3ccc(C(C)(C)C)cc3)c2C)cc1. The maximum absolute atomic E-state index is 12.3. The molecule has 2 aromatic carbocycles. The van der Waals surface area contributed by atoms with Crippen molar-refractivity contribution in [1.82, 2.24) is 9.99 Å². The summed E-state index contributed by atoms with van der Waals surface area (Å²) in [5.41, 5.74) is 10.6. The zero-order valence-corrected chi connectivity index (χ0v) is 18.8. The first-order valence-electron chi connectivity index (χ1n) is 10.3. The number of benzene rings is 2. The maximum atomic E-state index is 12.3. The van der Waals surface area contributed by atoms with E-state index < -0.39 is 0 Å². The summed E-state index contributed by atoms with van der Waals surface area (Å²) < 4.78 is 2.19. The molecule has 0 aliphatic rings. The van der Waals surface area contributed by atoms with Gasteiger partial charge in [-0.2, -0.15) is 5.10 Å². The van der Waals surface area contributed by atoms with Crippen LogP contribution in [0.25, 0.3) is 5.69 Å². The number of amides is 1. The number of nitrogens with zero attached hydrogens (tertiary/aromatic N) is 2. The van der Waals surface area contributed by atoms with E-state index in [9.17, 15) is 4.79 Å². The molecule has 4 nitrogen and oxygen atoms in total. The molecule has 0 aliphatic heterocycles. The predicted molar refractivity (Wildman–Crippen MR) is 125 cm³/mol. The molecule has 0 aliphatic carbocycles. The summed E-state index contributed by atoms with van der Waals surface area (Å²) in [6.45, 7) is 12.8. The van der Waals surface area contributed by atoms with Crippen LogP contribution in [0, 0.1) is 20.8 Å². The van der Waals surface area contributed by atoms with Gasteiger partial charge in [-0.3, -0.25) is 4.79 Å². The van der Waals surface area contributed by atoms with Crippen LogP contribution in [-0.4, -0.2) is 16.7 Å². The number of hydrogen-bond donors (Lipinski definition) is 1. The standard InChI is InChI=1S/C26H31N3O/c1-18-7-13-24(14-8-18)29-19(2)15-22(20(29)3)17-27-28-25(30)16-21-9-11-23(12-10-21)26(4,5)6/h7-15,17H,16H2,1-6H3,(H,28,30)/b27-17-. The van der Waals surface area contributed by atoms with E-state index in [0.29, 0.717) is 6.42 Å². The molecule has 1 aromatic heterocycles. The van der Waals surface area contributed by atoms with Crippen LogP contribution >= 0.6 is 0 Å². The Morgan fingerprint density at radius 1 is 1.00 bits per heavy atom. The lowest BCUT2D eigenvalue weighted by Gasteiger charge is -2.19. The second-order valence-corrected chi connectivity index (χ2v) is 8.91. The molecule has 1 amide bonds. The third-order valence-corrected chi connectivity index (χ3v) is 5.34. The first-order chi connectivity index (χ1) is 14.1. The van der Waals surface area contributed by atoms with Gasteiger partial charge >= 0.3 is 0 Å². The number of carbonyl (C=O) groups is 1. The van der Waals surface area contributed by atoms with Gasteiger partial charge in [0, 0.05) is 22.6 Å². The van der Waals surface area contributed by atoms with Crippen LogP contribution in [0.3, 0.4) is 0 Å². The summed E-state index contributed by atoms with van der Waals surface area (Å²) in [6.07, 6.45) is 2.03. The Hall–Kier alpha value is -3.14. The van der Waals surface area contributed by atoms with Gasteiger partial charge in [-0.1, -0.05) is 62.7 Å². The zero-order valence-electron chi connectivity index (χ0n) is 18.8. The smallest absolute Gasteiger partial charge is 0.244 e. The summed E-state index contributed by atoms with van der Waals surface area (Å²) in [5.74, 6) is -0.123. The fourth-order valence-electron chi connectivity index (χ4n) is 3.53. The average molecular weight is 402 g/mol. The molecule has 30 heavy (non-hydrogen) atoms. The van der Waals surface area contributed by atoms with Crippen LogP contribution in [0.1, 0.15) is 54.4 Å². The Bertz CT molecular complexity index is 1050. The zero-order chi connectivity index (χ0) is 21.9. The monoisotopic (exact) mass is 401 g/mol. The van der Waals surface area contributed by atoms with E-state index in [1.165, 1.54) is 11.1 Å². The second-order valence-electron chi connectivity index (χ2n) is 8.91. The highest BCUT2D eigenvalue weighted by atomic mass is 16.2. The molecular formula is C26H31N3O. The molecule has 156 valence electrons. The lowest BCUT2D eigenvalue weighted by Crippen LogP contribution is -2.20. The van der Waals surface area contributed by atoms with Crippen LogP contribution < -0.4 is 5.43 Å².